The van der Waals surface area contributed by atoms with Crippen LogP contribution in [0.25, 0.3) is 55.7 Å². The zero-order valence-corrected chi connectivity index (χ0v) is 60.6. The van der Waals surface area contributed by atoms with Crippen LogP contribution in [0.4, 0.5) is 5.69 Å². The molecule has 1 aliphatic carbocycles. The molecule has 1 heterocycles. The molecule has 0 bridgehead atoms. The number of fused-ring (bicyclic) bond motifs is 2. The Balaban J connectivity index is 1.32. The van der Waals surface area contributed by atoms with E-state index < -0.39 is 74.2 Å². The van der Waals surface area contributed by atoms with Gasteiger partial charge in [0.1, 0.15) is 51.8 Å². The number of sulfonamides is 1. The van der Waals surface area contributed by atoms with Crippen LogP contribution in [0.15, 0.2) is 136 Å². The van der Waals surface area contributed by atoms with Crippen LogP contribution in [0.1, 0.15) is 118 Å². The number of rotatable bonds is 39. The van der Waals surface area contributed by atoms with Crippen molar-refractivity contribution in [3.05, 3.63) is 160 Å². The van der Waals surface area contributed by atoms with Crippen LogP contribution in [0.3, 0.4) is 0 Å². The maximum atomic E-state index is 15.8. The van der Waals surface area contributed by atoms with E-state index >= 15 is 8.42 Å². The topological polar surface area (TPSA) is 292 Å². The molecule has 0 fully saturated rings. The van der Waals surface area contributed by atoms with Gasteiger partial charge in [0.15, 0.2) is 19.8 Å². The summed E-state index contributed by atoms with van der Waals surface area (Å²) >= 11 is 0. The molecule has 0 atom stereocenters. The van der Waals surface area contributed by atoms with Gasteiger partial charge in [-0.25, -0.2) is 35.8 Å². The van der Waals surface area contributed by atoms with Gasteiger partial charge >= 0.3 is 17.9 Å². The minimum Gasteiger partial charge on any atom is -0.744 e. The second-order valence-corrected chi connectivity index (χ2v) is 28.0. The number of aliphatic carboxylic acids is 3. The molecule has 101 heavy (non-hydrogen) atoms. The lowest BCUT2D eigenvalue weighted by molar-refractivity contribution is -0.140. The molecule has 0 radical (unpaired) electrons. The summed E-state index contributed by atoms with van der Waals surface area (Å²) in [6.07, 6.45) is 3.94. The zero-order valence-electron chi connectivity index (χ0n) is 59.0. The Morgan fingerprint density at radius 2 is 1.04 bits per heavy atom. The van der Waals surface area contributed by atoms with Crippen LogP contribution in [-0.2, 0) is 57.1 Å². The molecule has 0 unspecified atom stereocenters. The predicted molar refractivity (Wildman–Crippen MR) is 387 cm³/mol. The van der Waals surface area contributed by atoms with Crippen molar-refractivity contribution in [2.75, 3.05) is 90.4 Å². The SMILES string of the molecule is CCCCOCCCN(Cc1cc(C)cc(-c2cc(C)cc(-c3cc(C)cc(CN(CCCOCCCC)S(=O)(=O)c4ccc(-c5c6ccc(=[N+](CC)CC)cc-6oc6cc(N(CC)CC)ccc56)c(S(=O)(=O)[O-])c4)c3OCC(=O)O)c2OCC(=O)O)c1OCC(=O)O)C(=O)c1ccccc1. The van der Waals surface area contributed by atoms with Crippen molar-refractivity contribution >= 4 is 60.6 Å². The van der Waals surface area contributed by atoms with Gasteiger partial charge in [0, 0.05) is 145 Å². The second-order valence-electron chi connectivity index (χ2n) is 24.7. The van der Waals surface area contributed by atoms with Gasteiger partial charge in [-0.15, -0.1) is 0 Å². The summed E-state index contributed by atoms with van der Waals surface area (Å²) in [5.41, 5.74) is 5.18. The van der Waals surface area contributed by atoms with Gasteiger partial charge in [0.2, 0.25) is 15.4 Å². The maximum Gasteiger partial charge on any atom is 0.341 e. The summed E-state index contributed by atoms with van der Waals surface area (Å²) in [4.78, 5) is 54.7. The van der Waals surface area contributed by atoms with Crippen LogP contribution in [0.2, 0.25) is 0 Å². The van der Waals surface area contributed by atoms with Gasteiger partial charge in [-0.2, -0.15) is 4.31 Å². The maximum absolute atomic E-state index is 15.8. The Hall–Kier alpha value is -9.17. The van der Waals surface area contributed by atoms with Crippen molar-refractivity contribution in [1.29, 1.82) is 0 Å². The fraction of sp³-hybridized carbons (Fsp3) is 0.390. The van der Waals surface area contributed by atoms with Gasteiger partial charge in [0.25, 0.3) is 5.91 Å². The number of carboxylic acid groups (broad SMARTS) is 3. The third kappa shape index (κ3) is 19.7. The van der Waals surface area contributed by atoms with Gasteiger partial charge in [0.05, 0.1) is 15.9 Å². The molecular formula is C77H92N4O18S2. The Morgan fingerprint density at radius 1 is 0.535 bits per heavy atom. The molecule has 24 heteroatoms. The standard InChI is InChI=1S/C77H92N4O18S2/c1-10-16-33-94-35-21-31-80(77(88)54-23-19-18-20-24-54)46-55-37-51(7)39-63(74(55)96-48-70(82)83)65-41-53(9)42-66(76(65)98-50-72(86)87)64-40-52(8)38-56(75(64)97-49-71(84)85)47-81(32-22-36-95-34-17-11-2)100(89,90)59-27-30-62(69(45-59)101(91,92)93)73-60-28-25-57(78(12-3)13-4)43-67(60)99-68-44-58(26-29-61(68)73)79(14-5)15-6/h18-20,23-30,37-45H,10-17,21-22,31-36,46-50H2,1-9H3,(H3-,82,83,84,85,86,87,91,92,93). The number of aryl methyl sites for hydroxylation is 3. The second kappa shape index (κ2) is 35.9. The van der Waals surface area contributed by atoms with Crippen LogP contribution in [-0.4, -0.2) is 155 Å². The highest BCUT2D eigenvalue weighted by molar-refractivity contribution is 7.89. The van der Waals surface area contributed by atoms with E-state index in [9.17, 15) is 47.5 Å². The van der Waals surface area contributed by atoms with E-state index in [0.29, 0.717) is 108 Å². The normalized spacial score (nSPS) is 11.7. The molecule has 1 aliphatic heterocycles. The Bertz CT molecular complexity index is 4530. The number of hydrogen-bond donors (Lipinski definition) is 3. The smallest absolute Gasteiger partial charge is 0.341 e. The predicted octanol–water partition coefficient (Wildman–Crippen LogP) is 12.7. The van der Waals surface area contributed by atoms with E-state index in [-0.39, 0.29) is 89.2 Å². The van der Waals surface area contributed by atoms with Gasteiger partial charge in [-0.1, -0.05) is 63.1 Å². The first-order chi connectivity index (χ1) is 48.3. The largest absolute Gasteiger partial charge is 0.744 e. The van der Waals surface area contributed by atoms with Gasteiger partial charge in [-0.05, 0) is 158 Å². The molecule has 22 nitrogen and oxygen atoms in total. The van der Waals surface area contributed by atoms with Crippen LogP contribution >= 0.6 is 0 Å². The van der Waals surface area contributed by atoms with E-state index in [4.69, 9.17) is 28.1 Å². The summed E-state index contributed by atoms with van der Waals surface area (Å²) < 4.78 is 114. The first-order valence-electron chi connectivity index (χ1n) is 34.3. The minimum absolute atomic E-state index is 0.0301. The Labute approximate surface area is 591 Å². The van der Waals surface area contributed by atoms with Crippen molar-refractivity contribution in [3.8, 4) is 62.0 Å². The molecule has 0 saturated carbocycles. The summed E-state index contributed by atoms with van der Waals surface area (Å²) in [5.74, 6) is -4.28. The number of unbranched alkanes of at least 4 members (excludes halogenated alkanes) is 2. The molecule has 6 aromatic rings. The highest BCUT2D eigenvalue weighted by Gasteiger charge is 2.33. The number of hydrogen-bond acceptors (Lipinski definition) is 16. The monoisotopic (exact) mass is 1420 g/mol. The molecule has 6 aromatic carbocycles. The quantitative estimate of drug-likeness (QED) is 0.0140. The molecular weight excluding hydrogens is 1330 g/mol. The zero-order chi connectivity index (χ0) is 73.1. The number of carbonyl (C=O) groups is 4. The molecule has 3 N–H and O–H groups in total. The number of ether oxygens (including phenoxy) is 5. The fourth-order valence-corrected chi connectivity index (χ4v) is 14.7. The number of carboxylic acids is 3. The van der Waals surface area contributed by atoms with Crippen molar-refractivity contribution in [2.24, 2.45) is 0 Å². The summed E-state index contributed by atoms with van der Waals surface area (Å²) in [6, 6.07) is 33.2. The average Bonchev–Trinajstić information content (AvgIpc) is 0.742. The Morgan fingerprint density at radius 3 is 1.56 bits per heavy atom. The molecule has 0 aromatic heterocycles. The molecule has 0 saturated heterocycles. The van der Waals surface area contributed by atoms with E-state index in [0.717, 1.165) is 47.1 Å². The van der Waals surface area contributed by atoms with Crippen molar-refractivity contribution in [1.82, 2.24) is 13.8 Å². The highest BCUT2D eigenvalue weighted by atomic mass is 32.2. The van der Waals surface area contributed by atoms with Crippen LogP contribution < -0.4 is 29.0 Å². The van der Waals surface area contributed by atoms with Crippen molar-refractivity contribution in [3.63, 3.8) is 0 Å². The average molecular weight is 1430 g/mol. The summed E-state index contributed by atoms with van der Waals surface area (Å²) in [5, 5.41) is 32.1. The molecule has 8 rings (SSSR count). The Kier molecular flexibility index (Phi) is 27.6. The summed E-state index contributed by atoms with van der Waals surface area (Å²) in [7, 11) is -10.4. The van der Waals surface area contributed by atoms with E-state index in [2.05, 4.69) is 16.4 Å². The lowest BCUT2D eigenvalue weighted by Gasteiger charge is -2.27. The van der Waals surface area contributed by atoms with E-state index in [1.165, 1.54) is 12.1 Å². The molecule has 2 aliphatic rings. The third-order valence-corrected chi connectivity index (χ3v) is 20.0. The lowest BCUT2D eigenvalue weighted by atomic mass is 9.90. The van der Waals surface area contributed by atoms with Gasteiger partial charge < -0.3 is 57.8 Å². The number of benzene rings is 7. The summed E-state index contributed by atoms with van der Waals surface area (Å²) in [6.45, 7) is 18.1. The minimum atomic E-state index is -5.50. The van der Waals surface area contributed by atoms with Crippen LogP contribution in [0, 0.1) is 20.8 Å². The lowest BCUT2D eigenvalue weighted by Crippen LogP contribution is -2.33. The molecule has 540 valence electrons. The number of carbonyl (C=O) groups excluding carboxylic acids is 1. The fourth-order valence-electron chi connectivity index (χ4n) is 12.5. The van der Waals surface area contributed by atoms with Gasteiger partial charge in [-0.3, -0.25) is 4.79 Å². The van der Waals surface area contributed by atoms with Crippen LogP contribution in [0.5, 0.6) is 17.2 Å². The number of nitrogens with zero attached hydrogens (tertiary/aromatic N) is 4. The van der Waals surface area contributed by atoms with E-state index in [1.54, 1.807) is 105 Å². The molecule has 0 spiro atoms. The highest BCUT2D eigenvalue weighted by Crippen LogP contribution is 2.49. The van der Waals surface area contributed by atoms with Crippen molar-refractivity contribution in [2.45, 2.75) is 124 Å². The molecule has 1 amide bonds. The first-order valence-corrected chi connectivity index (χ1v) is 37.1. The number of anilines is 1. The van der Waals surface area contributed by atoms with E-state index in [1.807, 2.05) is 58.9 Å². The van der Waals surface area contributed by atoms with Crippen molar-refractivity contribution < 1.29 is 84.0 Å². The first kappa shape index (κ1) is 77.6. The number of amides is 1. The third-order valence-electron chi connectivity index (χ3n) is 17.2.